The molecule has 0 bridgehead atoms. The van der Waals surface area contributed by atoms with Crippen molar-refractivity contribution < 1.29 is 9.31 Å². The predicted octanol–water partition coefficient (Wildman–Crippen LogP) is 4.23. The fourth-order valence-electron chi connectivity index (χ4n) is 2.53. The average molecular weight is 363 g/mol. The Bertz CT molecular complexity index is 794. The summed E-state index contributed by atoms with van der Waals surface area (Å²) in [4.78, 5) is 8.25. The lowest BCUT2D eigenvalue weighted by Gasteiger charge is -2.32. The second-order valence-corrected chi connectivity index (χ2v) is 7.58. The van der Waals surface area contributed by atoms with Crippen LogP contribution in [0.2, 0.25) is 5.15 Å². The molecule has 0 aliphatic carbocycles. The number of benzene rings is 1. The highest BCUT2D eigenvalue weighted by Crippen LogP contribution is 2.39. The van der Waals surface area contributed by atoms with E-state index in [0.29, 0.717) is 10.9 Å². The largest absolute Gasteiger partial charge is 0.491 e. The molecule has 0 amide bonds. The molecule has 2 heterocycles. The van der Waals surface area contributed by atoms with Gasteiger partial charge in [0.1, 0.15) is 11.5 Å². The fraction of sp³-hybridized carbons (Fsp3) is 0.412. The SMILES string of the molecule is CC1(C)OB(C(=Cc2ccc3ncnc(Cl)c3c2)CS)OC1(C)C. The molecule has 0 spiro atoms. The zero-order chi connectivity index (χ0) is 17.5. The molecule has 1 saturated heterocycles. The lowest BCUT2D eigenvalue weighted by atomic mass is 9.78. The molecule has 1 aromatic heterocycles. The van der Waals surface area contributed by atoms with Gasteiger partial charge in [0, 0.05) is 11.1 Å². The van der Waals surface area contributed by atoms with Crippen LogP contribution in [0.5, 0.6) is 0 Å². The summed E-state index contributed by atoms with van der Waals surface area (Å²) in [6.07, 6.45) is 3.49. The van der Waals surface area contributed by atoms with Gasteiger partial charge in [-0.15, -0.1) is 0 Å². The number of aromatic nitrogens is 2. The summed E-state index contributed by atoms with van der Waals surface area (Å²) in [5.41, 5.74) is 2.01. The van der Waals surface area contributed by atoms with Crippen molar-refractivity contribution in [2.45, 2.75) is 38.9 Å². The lowest BCUT2D eigenvalue weighted by molar-refractivity contribution is 0.00578. The Labute approximate surface area is 153 Å². The highest BCUT2D eigenvalue weighted by atomic mass is 35.5. The summed E-state index contributed by atoms with van der Waals surface area (Å²) in [5.74, 6) is 0.536. The van der Waals surface area contributed by atoms with Gasteiger partial charge < -0.3 is 9.31 Å². The van der Waals surface area contributed by atoms with Crippen molar-refractivity contribution in [3.8, 4) is 0 Å². The molecular weight excluding hydrogens is 343 g/mol. The monoisotopic (exact) mass is 362 g/mol. The van der Waals surface area contributed by atoms with E-state index in [1.165, 1.54) is 6.33 Å². The Morgan fingerprint density at radius 1 is 1.21 bits per heavy atom. The van der Waals surface area contributed by atoms with Crippen molar-refractivity contribution in [1.29, 1.82) is 0 Å². The molecule has 0 saturated carbocycles. The van der Waals surface area contributed by atoms with Crippen LogP contribution in [0.15, 0.2) is 30.0 Å². The molecule has 1 aromatic carbocycles. The first kappa shape index (κ1) is 17.7. The van der Waals surface area contributed by atoms with Crippen molar-refractivity contribution in [1.82, 2.24) is 9.97 Å². The number of fused-ring (bicyclic) bond motifs is 1. The zero-order valence-corrected chi connectivity index (χ0v) is 15.9. The molecule has 126 valence electrons. The van der Waals surface area contributed by atoms with E-state index in [9.17, 15) is 0 Å². The maximum absolute atomic E-state index is 6.17. The molecule has 0 N–H and O–H groups in total. The maximum atomic E-state index is 6.17. The molecule has 7 heteroatoms. The second kappa shape index (κ2) is 6.34. The van der Waals surface area contributed by atoms with E-state index in [1.54, 1.807) is 0 Å². The standard InChI is InChI=1S/C17H20BClN2O2S/c1-16(2)17(3,4)23-18(22-16)12(9-24)7-11-5-6-14-13(8-11)15(19)21-10-20-14/h5-8,10,24H,9H2,1-4H3. The number of thiol groups is 1. The number of hydrogen-bond donors (Lipinski definition) is 1. The third-order valence-corrected chi connectivity index (χ3v) is 5.37. The Balaban J connectivity index is 1.96. The summed E-state index contributed by atoms with van der Waals surface area (Å²) in [7, 11) is -0.411. The topological polar surface area (TPSA) is 44.2 Å². The number of hydrogen-bond acceptors (Lipinski definition) is 5. The highest BCUT2D eigenvalue weighted by molar-refractivity contribution is 7.80. The summed E-state index contributed by atoms with van der Waals surface area (Å²) in [5, 5.41) is 1.26. The Kier molecular flexibility index (Phi) is 4.68. The van der Waals surface area contributed by atoms with E-state index in [2.05, 4.69) is 22.6 Å². The Hall–Kier alpha value is -1.08. The van der Waals surface area contributed by atoms with Gasteiger partial charge in [0.15, 0.2) is 0 Å². The van der Waals surface area contributed by atoms with Crippen molar-refractivity contribution >= 4 is 48.3 Å². The molecule has 0 atom stereocenters. The van der Waals surface area contributed by atoms with E-state index >= 15 is 0 Å². The molecule has 2 aromatic rings. The molecule has 24 heavy (non-hydrogen) atoms. The first-order valence-corrected chi connectivity index (χ1v) is 8.82. The average Bonchev–Trinajstić information content (AvgIpc) is 2.73. The Morgan fingerprint density at radius 3 is 2.50 bits per heavy atom. The highest BCUT2D eigenvalue weighted by Gasteiger charge is 2.52. The minimum Gasteiger partial charge on any atom is -0.400 e. The normalized spacial score (nSPS) is 19.9. The van der Waals surface area contributed by atoms with Gasteiger partial charge >= 0.3 is 7.12 Å². The smallest absolute Gasteiger partial charge is 0.400 e. The first-order valence-electron chi connectivity index (χ1n) is 7.81. The molecule has 1 aliphatic rings. The van der Waals surface area contributed by atoms with E-state index in [-0.39, 0.29) is 11.2 Å². The zero-order valence-electron chi connectivity index (χ0n) is 14.2. The van der Waals surface area contributed by atoms with Crippen LogP contribution >= 0.6 is 24.2 Å². The van der Waals surface area contributed by atoms with E-state index in [4.69, 9.17) is 20.9 Å². The van der Waals surface area contributed by atoms with Gasteiger partial charge in [-0.2, -0.15) is 12.6 Å². The van der Waals surface area contributed by atoms with Crippen LogP contribution in [0, 0.1) is 0 Å². The van der Waals surface area contributed by atoms with Crippen molar-refractivity contribution in [2.24, 2.45) is 0 Å². The summed E-state index contributed by atoms with van der Waals surface area (Å²) < 4.78 is 12.2. The van der Waals surface area contributed by atoms with Crippen LogP contribution in [0.4, 0.5) is 0 Å². The quantitative estimate of drug-likeness (QED) is 0.504. The van der Waals surface area contributed by atoms with Crippen LogP contribution < -0.4 is 0 Å². The predicted molar refractivity (Wildman–Crippen MR) is 102 cm³/mol. The summed E-state index contributed by atoms with van der Waals surface area (Å²) >= 11 is 10.6. The maximum Gasteiger partial charge on any atom is 0.491 e. The van der Waals surface area contributed by atoms with Crippen LogP contribution in [0.25, 0.3) is 17.0 Å². The molecule has 4 nitrogen and oxygen atoms in total. The van der Waals surface area contributed by atoms with Crippen LogP contribution in [0.3, 0.4) is 0 Å². The Morgan fingerprint density at radius 2 is 1.88 bits per heavy atom. The van der Waals surface area contributed by atoms with Crippen LogP contribution in [-0.4, -0.2) is 34.0 Å². The molecule has 0 radical (unpaired) electrons. The molecule has 1 aliphatic heterocycles. The lowest BCUT2D eigenvalue weighted by Crippen LogP contribution is -2.41. The van der Waals surface area contributed by atoms with Crippen molar-refractivity contribution in [3.63, 3.8) is 0 Å². The minimum atomic E-state index is -0.411. The van der Waals surface area contributed by atoms with Crippen LogP contribution in [-0.2, 0) is 9.31 Å². The number of halogens is 1. The van der Waals surface area contributed by atoms with E-state index in [0.717, 1.165) is 21.9 Å². The minimum absolute atomic E-state index is 0.375. The third kappa shape index (κ3) is 3.20. The van der Waals surface area contributed by atoms with Gasteiger partial charge in [-0.3, -0.25) is 0 Å². The van der Waals surface area contributed by atoms with Gasteiger partial charge in [0.2, 0.25) is 0 Å². The van der Waals surface area contributed by atoms with Crippen LogP contribution in [0.1, 0.15) is 33.3 Å². The van der Waals surface area contributed by atoms with Gasteiger partial charge in [-0.25, -0.2) is 9.97 Å². The van der Waals surface area contributed by atoms with Crippen molar-refractivity contribution in [2.75, 3.05) is 5.75 Å². The van der Waals surface area contributed by atoms with Gasteiger partial charge in [0.25, 0.3) is 0 Å². The second-order valence-electron chi connectivity index (χ2n) is 6.91. The summed E-state index contributed by atoms with van der Waals surface area (Å²) in [6, 6.07) is 5.88. The molecule has 3 rings (SSSR count). The fourth-order valence-corrected chi connectivity index (χ4v) is 2.96. The third-order valence-electron chi connectivity index (χ3n) is 4.70. The molecular formula is C17H20BClN2O2S. The summed E-state index contributed by atoms with van der Waals surface area (Å²) in [6.45, 7) is 8.15. The van der Waals surface area contributed by atoms with E-state index < -0.39 is 7.12 Å². The number of rotatable bonds is 3. The molecule has 0 unspecified atom stereocenters. The van der Waals surface area contributed by atoms with Gasteiger partial charge in [-0.05, 0) is 50.9 Å². The molecule has 1 fully saturated rings. The van der Waals surface area contributed by atoms with Crippen molar-refractivity contribution in [3.05, 3.63) is 40.7 Å². The number of nitrogens with zero attached hydrogens (tertiary/aromatic N) is 2. The first-order chi connectivity index (χ1) is 11.2. The van der Waals surface area contributed by atoms with Gasteiger partial charge in [0.05, 0.1) is 16.7 Å². The van der Waals surface area contributed by atoms with E-state index in [1.807, 2.05) is 52.0 Å². The van der Waals surface area contributed by atoms with Gasteiger partial charge in [-0.1, -0.05) is 23.7 Å².